The van der Waals surface area contributed by atoms with E-state index in [0.717, 1.165) is 19.3 Å². The molecule has 0 spiro atoms. The number of amides is 2. The second-order valence-electron chi connectivity index (χ2n) is 4.52. The van der Waals surface area contributed by atoms with Gasteiger partial charge in [-0.3, -0.25) is 0 Å². The molecule has 1 unspecified atom stereocenters. The Morgan fingerprint density at radius 1 is 1.42 bits per heavy atom. The number of nitrogens with zero attached hydrogens (tertiary/aromatic N) is 1. The highest BCUT2D eigenvalue weighted by atomic mass is 32.1. The molecule has 0 radical (unpaired) electrons. The van der Waals surface area contributed by atoms with Crippen LogP contribution in [0.25, 0.3) is 0 Å². The molecule has 1 fully saturated rings. The van der Waals surface area contributed by atoms with Crippen LogP contribution < -0.4 is 11.1 Å². The zero-order valence-electron chi connectivity index (χ0n) is 10.4. The molecule has 1 atom stereocenters. The van der Waals surface area contributed by atoms with Gasteiger partial charge in [-0.05, 0) is 31.4 Å². The molecule has 19 heavy (non-hydrogen) atoms. The number of nitrogens with two attached hydrogens (primary N) is 1. The minimum Gasteiger partial charge on any atom is -0.392 e. The lowest BCUT2D eigenvalue weighted by Gasteiger charge is -2.34. The molecule has 1 heterocycles. The summed E-state index contributed by atoms with van der Waals surface area (Å²) < 4.78 is 13.5. The standard InChI is InChI=1S/C13H16FN3OS/c14-9-5-1-2-6-10(9)16-13(18)17-8-4-3-7-11(17)12(15)19/h1-2,5-6,11H,3-4,7-8H2,(H2,15,19)(H,16,18). The first-order valence-corrected chi connectivity index (χ1v) is 6.62. The molecule has 102 valence electrons. The Labute approximate surface area is 116 Å². The van der Waals surface area contributed by atoms with Gasteiger partial charge in [-0.15, -0.1) is 0 Å². The van der Waals surface area contributed by atoms with Gasteiger partial charge in [-0.1, -0.05) is 24.4 Å². The maximum atomic E-state index is 13.5. The Bertz CT molecular complexity index is 495. The van der Waals surface area contributed by atoms with Crippen LogP contribution in [-0.4, -0.2) is 28.5 Å². The first kappa shape index (κ1) is 13.7. The third-order valence-electron chi connectivity index (χ3n) is 3.21. The molecule has 1 aromatic carbocycles. The first-order valence-electron chi connectivity index (χ1n) is 6.21. The van der Waals surface area contributed by atoms with E-state index in [9.17, 15) is 9.18 Å². The summed E-state index contributed by atoms with van der Waals surface area (Å²) in [6, 6.07) is 5.46. The Balaban J connectivity index is 2.10. The van der Waals surface area contributed by atoms with E-state index in [1.807, 2.05) is 0 Å². The number of benzene rings is 1. The lowest BCUT2D eigenvalue weighted by molar-refractivity contribution is 0.186. The van der Waals surface area contributed by atoms with Crippen LogP contribution in [0, 0.1) is 5.82 Å². The minimum absolute atomic E-state index is 0.166. The number of urea groups is 1. The number of carbonyl (C=O) groups excluding carboxylic acids is 1. The molecular formula is C13H16FN3OS. The van der Waals surface area contributed by atoms with Crippen LogP contribution in [0.4, 0.5) is 14.9 Å². The van der Waals surface area contributed by atoms with E-state index in [1.165, 1.54) is 12.1 Å². The molecule has 1 aromatic rings. The summed E-state index contributed by atoms with van der Waals surface area (Å²) in [4.78, 5) is 14.1. The zero-order valence-corrected chi connectivity index (χ0v) is 11.3. The van der Waals surface area contributed by atoms with Crippen molar-refractivity contribution in [2.75, 3.05) is 11.9 Å². The van der Waals surface area contributed by atoms with Gasteiger partial charge in [0.25, 0.3) is 0 Å². The molecule has 1 saturated heterocycles. The van der Waals surface area contributed by atoms with Gasteiger partial charge in [0.05, 0.1) is 16.7 Å². The van der Waals surface area contributed by atoms with Gasteiger partial charge >= 0.3 is 6.03 Å². The van der Waals surface area contributed by atoms with Crippen LogP contribution in [-0.2, 0) is 0 Å². The van der Waals surface area contributed by atoms with E-state index in [1.54, 1.807) is 17.0 Å². The molecule has 1 aliphatic heterocycles. The number of hydrogen-bond acceptors (Lipinski definition) is 2. The summed E-state index contributed by atoms with van der Waals surface area (Å²) in [6.07, 6.45) is 2.66. The number of nitrogens with one attached hydrogen (secondary N) is 1. The van der Waals surface area contributed by atoms with Gasteiger partial charge < -0.3 is 16.0 Å². The summed E-state index contributed by atoms with van der Waals surface area (Å²) in [5.41, 5.74) is 5.82. The van der Waals surface area contributed by atoms with Crippen molar-refractivity contribution in [2.24, 2.45) is 5.73 Å². The SMILES string of the molecule is NC(=S)C1CCCCN1C(=O)Nc1ccccc1F. The van der Waals surface area contributed by atoms with Crippen molar-refractivity contribution >= 4 is 28.9 Å². The minimum atomic E-state index is -0.459. The van der Waals surface area contributed by atoms with Crippen LogP contribution in [0.3, 0.4) is 0 Å². The Morgan fingerprint density at radius 3 is 2.84 bits per heavy atom. The second-order valence-corrected chi connectivity index (χ2v) is 4.99. The van der Waals surface area contributed by atoms with Crippen molar-refractivity contribution in [1.82, 2.24) is 4.90 Å². The molecule has 0 bridgehead atoms. The van der Waals surface area contributed by atoms with E-state index in [0.29, 0.717) is 11.5 Å². The number of anilines is 1. The fraction of sp³-hybridized carbons (Fsp3) is 0.385. The molecule has 0 aliphatic carbocycles. The average Bonchev–Trinajstić information content (AvgIpc) is 2.41. The molecule has 1 aliphatic rings. The number of para-hydroxylation sites is 1. The maximum Gasteiger partial charge on any atom is 0.322 e. The van der Waals surface area contributed by atoms with Crippen molar-refractivity contribution < 1.29 is 9.18 Å². The first-order chi connectivity index (χ1) is 9.09. The number of piperidine rings is 1. The smallest absolute Gasteiger partial charge is 0.322 e. The third kappa shape index (κ3) is 3.20. The van der Waals surface area contributed by atoms with Crippen LogP contribution in [0.2, 0.25) is 0 Å². The predicted octanol–water partition coefficient (Wildman–Crippen LogP) is 2.50. The Hall–Kier alpha value is -1.69. The van der Waals surface area contributed by atoms with Gasteiger partial charge in [-0.25, -0.2) is 9.18 Å². The fourth-order valence-corrected chi connectivity index (χ4v) is 2.47. The predicted molar refractivity (Wildman–Crippen MR) is 76.5 cm³/mol. The summed E-state index contributed by atoms with van der Waals surface area (Å²) in [7, 11) is 0. The van der Waals surface area contributed by atoms with E-state index in [2.05, 4.69) is 5.32 Å². The van der Waals surface area contributed by atoms with Crippen molar-refractivity contribution in [2.45, 2.75) is 25.3 Å². The number of rotatable bonds is 2. The molecule has 4 nitrogen and oxygen atoms in total. The van der Waals surface area contributed by atoms with Crippen molar-refractivity contribution in [3.8, 4) is 0 Å². The maximum absolute atomic E-state index is 13.5. The van der Waals surface area contributed by atoms with Crippen LogP contribution in [0.1, 0.15) is 19.3 Å². The van der Waals surface area contributed by atoms with E-state index < -0.39 is 5.82 Å². The largest absolute Gasteiger partial charge is 0.392 e. The molecule has 6 heteroatoms. The summed E-state index contributed by atoms with van der Waals surface area (Å²) in [5.74, 6) is -0.459. The lowest BCUT2D eigenvalue weighted by Crippen LogP contribution is -2.51. The van der Waals surface area contributed by atoms with Gasteiger partial charge in [0, 0.05) is 6.54 Å². The Morgan fingerprint density at radius 2 is 2.16 bits per heavy atom. The van der Waals surface area contributed by atoms with Gasteiger partial charge in [0.1, 0.15) is 5.82 Å². The molecule has 0 aromatic heterocycles. The highest BCUT2D eigenvalue weighted by Gasteiger charge is 2.28. The van der Waals surface area contributed by atoms with Crippen molar-refractivity contribution in [3.05, 3.63) is 30.1 Å². The van der Waals surface area contributed by atoms with Crippen molar-refractivity contribution in [3.63, 3.8) is 0 Å². The average molecular weight is 281 g/mol. The van der Waals surface area contributed by atoms with Crippen LogP contribution in [0.15, 0.2) is 24.3 Å². The summed E-state index contributed by atoms with van der Waals surface area (Å²) in [6.45, 7) is 0.586. The Kier molecular flexibility index (Phi) is 4.31. The second kappa shape index (κ2) is 5.97. The number of carbonyl (C=O) groups is 1. The van der Waals surface area contributed by atoms with Gasteiger partial charge in [-0.2, -0.15) is 0 Å². The highest BCUT2D eigenvalue weighted by Crippen LogP contribution is 2.20. The summed E-state index contributed by atoms with van der Waals surface area (Å²) in [5, 5.41) is 2.56. The monoisotopic (exact) mass is 281 g/mol. The molecule has 3 N–H and O–H groups in total. The highest BCUT2D eigenvalue weighted by molar-refractivity contribution is 7.80. The number of likely N-dealkylation sites (tertiary alicyclic amines) is 1. The molecular weight excluding hydrogens is 265 g/mol. The van der Waals surface area contributed by atoms with Gasteiger partial charge in [0.2, 0.25) is 0 Å². The summed E-state index contributed by atoms with van der Waals surface area (Å²) >= 11 is 4.98. The van der Waals surface area contributed by atoms with Crippen molar-refractivity contribution in [1.29, 1.82) is 0 Å². The van der Waals surface area contributed by atoms with E-state index >= 15 is 0 Å². The van der Waals surface area contributed by atoms with E-state index in [-0.39, 0.29) is 17.8 Å². The molecule has 2 rings (SSSR count). The van der Waals surface area contributed by atoms with Crippen LogP contribution >= 0.6 is 12.2 Å². The number of thiocarbonyl (C=S) groups is 1. The normalized spacial score (nSPS) is 19.0. The lowest BCUT2D eigenvalue weighted by atomic mass is 10.0. The van der Waals surface area contributed by atoms with Gasteiger partial charge in [0.15, 0.2) is 0 Å². The molecule has 2 amide bonds. The quantitative estimate of drug-likeness (QED) is 0.819. The number of hydrogen-bond donors (Lipinski definition) is 2. The number of halogens is 1. The topological polar surface area (TPSA) is 58.4 Å². The van der Waals surface area contributed by atoms with E-state index in [4.69, 9.17) is 18.0 Å². The molecule has 0 saturated carbocycles. The van der Waals surface area contributed by atoms with Crippen LogP contribution in [0.5, 0.6) is 0 Å². The fourth-order valence-electron chi connectivity index (χ4n) is 2.22. The zero-order chi connectivity index (χ0) is 13.8. The third-order valence-corrected chi connectivity index (χ3v) is 3.48.